The maximum Gasteiger partial charge on any atom is 0.271 e. The fourth-order valence-electron chi connectivity index (χ4n) is 8.26. The van der Waals surface area contributed by atoms with E-state index in [1.807, 2.05) is 0 Å². The normalized spacial score (nSPS) is 10.9. The Kier molecular flexibility index (Phi) is 19.2. The van der Waals surface area contributed by atoms with E-state index in [1.54, 1.807) is 72.8 Å². The van der Waals surface area contributed by atoms with Gasteiger partial charge in [0.25, 0.3) is 39.0 Å². The molecule has 0 fully saturated rings. The first-order chi connectivity index (χ1) is 36.3. The second kappa shape index (κ2) is 26.7. The molecular formula is C58H61N7O10. The number of ether oxygens (including phenoxy) is 2. The molecule has 7 aromatic rings. The van der Waals surface area contributed by atoms with Crippen LogP contribution in [0.1, 0.15) is 90.9 Å². The molecule has 1 heterocycles. The van der Waals surface area contributed by atoms with Crippen LogP contribution in [-0.4, -0.2) is 48.0 Å². The number of unbranched alkanes of at least 4 members (excludes halogenated alkanes) is 10. The molecule has 0 saturated heterocycles. The minimum Gasteiger partial charge on any atom is -0.494 e. The molecule has 17 nitrogen and oxygen atoms in total. The van der Waals surface area contributed by atoms with Crippen LogP contribution in [0.5, 0.6) is 11.5 Å². The Bertz CT molecular complexity index is 3690. The van der Waals surface area contributed by atoms with Crippen molar-refractivity contribution < 1.29 is 14.4 Å². The molecule has 0 atom stereocenters. The number of H-pyrrole nitrogens is 6. The molecule has 0 aliphatic heterocycles. The third-order valence-corrected chi connectivity index (χ3v) is 12.2. The predicted molar refractivity (Wildman–Crippen MR) is 299 cm³/mol. The van der Waals surface area contributed by atoms with Crippen molar-refractivity contribution in [3.63, 3.8) is 0 Å². The van der Waals surface area contributed by atoms with E-state index in [0.29, 0.717) is 35.7 Å². The summed E-state index contributed by atoms with van der Waals surface area (Å²) in [5.41, 5.74) is -2.80. The highest BCUT2D eigenvalue weighted by Gasteiger charge is 2.09. The average molecular weight is 1020 g/mol. The Balaban J connectivity index is 1.48. The highest BCUT2D eigenvalue weighted by atomic mass is 16.6. The van der Waals surface area contributed by atoms with E-state index in [4.69, 9.17) is 9.47 Å². The summed E-state index contributed by atoms with van der Waals surface area (Å²) in [7, 11) is 0. The fraction of sp³-hybridized carbons (Fsp3) is 0.276. The first-order valence-corrected chi connectivity index (χ1v) is 25.4. The van der Waals surface area contributed by atoms with Gasteiger partial charge in [-0.2, -0.15) is 0 Å². The number of nitrogens with one attached hydrogen (secondary N) is 6. The van der Waals surface area contributed by atoms with Crippen LogP contribution < -0.4 is 42.8 Å². The number of nitrogens with zero attached hydrogens (tertiary/aromatic N) is 1. The monoisotopic (exact) mass is 1020 g/mol. The molecule has 0 aliphatic carbocycles. The van der Waals surface area contributed by atoms with Gasteiger partial charge in [-0.3, -0.25) is 38.9 Å². The summed E-state index contributed by atoms with van der Waals surface area (Å²) in [4.78, 5) is 111. The summed E-state index contributed by atoms with van der Waals surface area (Å²) in [6.07, 6.45) is 12.4. The van der Waals surface area contributed by atoms with Crippen molar-refractivity contribution in [2.45, 2.75) is 90.9 Å². The van der Waals surface area contributed by atoms with E-state index >= 15 is 0 Å². The van der Waals surface area contributed by atoms with Crippen molar-refractivity contribution in [1.29, 1.82) is 0 Å². The van der Waals surface area contributed by atoms with Gasteiger partial charge in [0.1, 0.15) is 11.5 Å². The van der Waals surface area contributed by atoms with Crippen molar-refractivity contribution in [1.82, 2.24) is 29.9 Å². The van der Waals surface area contributed by atoms with Crippen LogP contribution in [0.15, 0.2) is 156 Å². The Morgan fingerprint density at radius 3 is 0.880 bits per heavy atom. The lowest BCUT2D eigenvalue weighted by Crippen LogP contribution is -2.08. The van der Waals surface area contributed by atoms with E-state index < -0.39 is 44.0 Å². The highest BCUT2D eigenvalue weighted by molar-refractivity contribution is 5.74. The van der Waals surface area contributed by atoms with E-state index in [0.717, 1.165) is 89.2 Å². The number of hydrogen-bond donors (Lipinski definition) is 6. The number of rotatable bonds is 17. The number of non-ortho nitro benzene ring substituents is 1. The molecule has 75 heavy (non-hydrogen) atoms. The lowest BCUT2D eigenvalue weighted by molar-refractivity contribution is -0.384. The molecule has 6 aromatic carbocycles. The summed E-state index contributed by atoms with van der Waals surface area (Å²) in [6, 6.07) is 31.2. The van der Waals surface area contributed by atoms with Crippen LogP contribution in [0.3, 0.4) is 0 Å². The molecule has 0 unspecified atom stereocenters. The van der Waals surface area contributed by atoms with Crippen molar-refractivity contribution >= 4 is 71.1 Å². The lowest BCUT2D eigenvalue weighted by Gasteiger charge is -2.06. The third-order valence-electron chi connectivity index (χ3n) is 12.2. The maximum absolute atomic E-state index is 14.0. The molecule has 0 radical (unpaired) electrons. The quantitative estimate of drug-likeness (QED) is 0.0285. The highest BCUT2D eigenvalue weighted by Crippen LogP contribution is 2.19. The second-order valence-corrected chi connectivity index (χ2v) is 18.2. The number of aromatic amines is 6. The van der Waals surface area contributed by atoms with Gasteiger partial charge in [-0.1, -0.05) is 96.3 Å². The standard InChI is InChI=1S/C58H61N7O10/c1-3-5-7-9-11-13-24-74-51-31-40-27-42(33-51)57(70)63-48-22-17-23-49(37-48)64-58(71)43-28-41(32-52(34-43)75-25-14-12-10-8-6-4-2)56(69)62-47-21-16-19-45(36-47)60-54(67)39-26-38(29-50(30-39)65(72)73)53(66)59-44-18-15-20-46(35-44)61-55(40)68/h15-23,26-37H,3-14,24-25H2,1-2H3,(H,59,66)(H,60,67)(H,61,68)(H,62,69)(H,63,70)(H,64,71). The van der Waals surface area contributed by atoms with Gasteiger partial charge in [0.15, 0.2) is 0 Å². The van der Waals surface area contributed by atoms with Gasteiger partial charge in [0.05, 0.1) is 18.1 Å². The molecule has 388 valence electrons. The van der Waals surface area contributed by atoms with Gasteiger partial charge < -0.3 is 39.4 Å². The van der Waals surface area contributed by atoms with Crippen molar-refractivity contribution in [3.8, 4) is 11.5 Å². The Morgan fingerprint density at radius 1 is 0.360 bits per heavy atom. The smallest absolute Gasteiger partial charge is 0.271 e. The average Bonchev–Trinajstić information content (AvgIpc) is 3.40. The summed E-state index contributed by atoms with van der Waals surface area (Å²) < 4.78 is 12.2. The Hall–Kier alpha value is -8.86. The van der Waals surface area contributed by atoms with Gasteiger partial charge in [-0.05, 0) is 110 Å². The van der Waals surface area contributed by atoms with Crippen LogP contribution in [0.2, 0.25) is 0 Å². The zero-order valence-corrected chi connectivity index (χ0v) is 42.1. The van der Waals surface area contributed by atoms with Crippen LogP contribution in [0.4, 0.5) is 5.69 Å². The lowest BCUT2D eigenvalue weighted by atomic mass is 10.1. The molecule has 0 spiro atoms. The number of aromatic nitrogens is 6. The zero-order chi connectivity index (χ0) is 53.1. The minimum atomic E-state index is -0.783. The molecule has 7 rings (SSSR count). The van der Waals surface area contributed by atoms with E-state index in [2.05, 4.69) is 43.8 Å². The van der Waals surface area contributed by atoms with Gasteiger partial charge in [0.2, 0.25) is 0 Å². The molecule has 0 aliphatic rings. The van der Waals surface area contributed by atoms with E-state index in [9.17, 15) is 38.9 Å². The van der Waals surface area contributed by atoms with Gasteiger partial charge in [-0.25, -0.2) is 0 Å². The number of hydrogen-bond acceptors (Lipinski definition) is 10. The Morgan fingerprint density at radius 2 is 0.613 bits per heavy atom. The number of nitro groups is 1. The van der Waals surface area contributed by atoms with E-state index in [-0.39, 0.29) is 54.4 Å². The minimum absolute atomic E-state index is 0.0936. The predicted octanol–water partition coefficient (Wildman–Crippen LogP) is 11.2. The molecule has 12 bridgehead atoms. The molecule has 6 N–H and O–H groups in total. The summed E-state index contributed by atoms with van der Waals surface area (Å²) in [5.74, 6) is 0.581. The zero-order valence-electron chi connectivity index (χ0n) is 42.1. The molecule has 17 heteroatoms. The van der Waals surface area contributed by atoms with Crippen molar-refractivity contribution in [3.05, 3.63) is 200 Å². The van der Waals surface area contributed by atoms with E-state index in [1.165, 1.54) is 42.5 Å². The number of fused-ring (bicyclic) bond motifs is 12. The SMILES string of the molecule is CCCCCCCCOc1cc2cc(c1)c(=O)[nH]c1cccc(c1)[nH]c(=O)c1cc([N+](=O)[O-])cc(c1)c(=O)[nH]c1cccc(c1)[nH]c(=O)c1cc(OCCCCCCCC)cc(c1)c(=O)[nH]c1cccc(c1)[nH]c2=O. The van der Waals surface area contributed by atoms with Gasteiger partial charge >= 0.3 is 0 Å². The molecular weight excluding hydrogens is 955 g/mol. The largest absolute Gasteiger partial charge is 0.494 e. The molecule has 0 amide bonds. The topological polar surface area (TPSA) is 259 Å². The maximum atomic E-state index is 14.0. The van der Waals surface area contributed by atoms with Crippen LogP contribution in [0.25, 0.3) is 65.4 Å². The van der Waals surface area contributed by atoms with Crippen LogP contribution in [0, 0.1) is 10.1 Å². The van der Waals surface area contributed by atoms with Gasteiger partial charge in [-0.15, -0.1) is 0 Å². The number of nitro benzene ring substituents is 1. The second-order valence-electron chi connectivity index (χ2n) is 18.2. The third kappa shape index (κ3) is 16.1. The van der Waals surface area contributed by atoms with Crippen LogP contribution in [-0.2, 0) is 0 Å². The van der Waals surface area contributed by atoms with Gasteiger partial charge in [0, 0.05) is 77.6 Å². The first kappa shape index (κ1) is 53.9. The van der Waals surface area contributed by atoms with Crippen molar-refractivity contribution in [2.75, 3.05) is 13.2 Å². The number of benzene rings is 6. The molecule has 0 saturated carbocycles. The first-order valence-electron chi connectivity index (χ1n) is 25.4. The summed E-state index contributed by atoms with van der Waals surface area (Å²) in [5, 5.41) is 12.1. The Labute approximate surface area is 429 Å². The summed E-state index contributed by atoms with van der Waals surface area (Å²) >= 11 is 0. The summed E-state index contributed by atoms with van der Waals surface area (Å²) in [6.45, 7) is 5.01. The van der Waals surface area contributed by atoms with Crippen LogP contribution >= 0.6 is 0 Å². The van der Waals surface area contributed by atoms with Crippen molar-refractivity contribution in [2.24, 2.45) is 0 Å². The fourth-order valence-corrected chi connectivity index (χ4v) is 8.26. The molecule has 1 aromatic heterocycles.